The summed E-state index contributed by atoms with van der Waals surface area (Å²) >= 11 is 9.61. The highest BCUT2D eigenvalue weighted by Crippen LogP contribution is 2.64. The van der Waals surface area contributed by atoms with Gasteiger partial charge in [-0.05, 0) is 11.1 Å². The number of hydrogen-bond donors (Lipinski definition) is 0. The van der Waals surface area contributed by atoms with Crippen LogP contribution in [-0.4, -0.2) is 43.0 Å². The first-order valence-corrected chi connectivity index (χ1v) is 10.1. The van der Waals surface area contributed by atoms with E-state index < -0.39 is 0 Å². The summed E-state index contributed by atoms with van der Waals surface area (Å²) in [5.74, 6) is 0. The Morgan fingerprint density at radius 2 is 1.40 bits per heavy atom. The lowest BCUT2D eigenvalue weighted by atomic mass is 10.1. The van der Waals surface area contributed by atoms with Crippen molar-refractivity contribution >= 4 is 45.6 Å². The van der Waals surface area contributed by atoms with Crippen LogP contribution in [0.4, 0.5) is 0 Å². The molecule has 0 aliphatic carbocycles. The summed E-state index contributed by atoms with van der Waals surface area (Å²) in [7, 11) is 8.27. The molecule has 0 radical (unpaired) electrons. The topological polar surface area (TPSA) is 6.48 Å². The molecule has 3 rings (SSSR count). The minimum atomic E-state index is -0.329. The van der Waals surface area contributed by atoms with Gasteiger partial charge in [0.25, 0.3) is 0 Å². The van der Waals surface area contributed by atoms with E-state index in [-0.39, 0.29) is 4.08 Å². The summed E-state index contributed by atoms with van der Waals surface area (Å²) < 4.78 is -0.329. The van der Waals surface area contributed by atoms with Crippen molar-refractivity contribution in [2.24, 2.45) is 0 Å². The molecule has 0 saturated heterocycles. The van der Waals surface area contributed by atoms with E-state index in [4.69, 9.17) is 12.2 Å². The van der Waals surface area contributed by atoms with Crippen molar-refractivity contribution in [2.75, 3.05) is 28.2 Å². The summed E-state index contributed by atoms with van der Waals surface area (Å²) in [6.45, 7) is 0. The summed E-state index contributed by atoms with van der Waals surface area (Å²) in [6.07, 6.45) is 0. The zero-order valence-corrected chi connectivity index (χ0v) is 17.3. The maximum Gasteiger partial charge on any atom is 0.147 e. The van der Waals surface area contributed by atoms with Crippen LogP contribution >= 0.6 is 35.7 Å². The van der Waals surface area contributed by atoms with Crippen molar-refractivity contribution in [2.45, 2.75) is 4.08 Å². The van der Waals surface area contributed by atoms with Crippen molar-refractivity contribution < 1.29 is 0 Å². The van der Waals surface area contributed by atoms with Gasteiger partial charge in [0.05, 0.1) is 5.03 Å². The lowest BCUT2D eigenvalue weighted by Crippen LogP contribution is -2.36. The fraction of sp³-hybridized carbons (Fsp3) is 0.250. The van der Waals surface area contributed by atoms with Gasteiger partial charge in [-0.3, -0.25) is 0 Å². The lowest BCUT2D eigenvalue weighted by molar-refractivity contribution is 0.553. The van der Waals surface area contributed by atoms with E-state index in [1.165, 1.54) is 21.1 Å². The molecule has 2 nitrogen and oxygen atoms in total. The summed E-state index contributed by atoms with van der Waals surface area (Å²) in [5.41, 5.74) is 2.47. The van der Waals surface area contributed by atoms with Crippen molar-refractivity contribution in [3.05, 3.63) is 76.8 Å². The highest BCUT2D eigenvalue weighted by atomic mass is 32.2. The predicted molar refractivity (Wildman–Crippen MR) is 117 cm³/mol. The minimum absolute atomic E-state index is 0.329. The van der Waals surface area contributed by atoms with Crippen LogP contribution in [0.2, 0.25) is 0 Å². The van der Waals surface area contributed by atoms with Gasteiger partial charge in [-0.2, -0.15) is 0 Å². The van der Waals surface area contributed by atoms with E-state index in [0.717, 1.165) is 4.99 Å². The van der Waals surface area contributed by atoms with Crippen molar-refractivity contribution in [1.82, 2.24) is 9.80 Å². The Morgan fingerprint density at radius 3 is 1.92 bits per heavy atom. The molecule has 130 valence electrons. The molecule has 1 aliphatic rings. The molecule has 0 amide bonds. The Bertz CT molecular complexity index is 785. The lowest BCUT2D eigenvalue weighted by Gasteiger charge is -2.33. The molecule has 0 fully saturated rings. The van der Waals surface area contributed by atoms with Gasteiger partial charge in [0, 0.05) is 33.1 Å². The highest BCUT2D eigenvalue weighted by molar-refractivity contribution is 8.28. The molecular weight excluding hydrogens is 364 g/mol. The Morgan fingerprint density at radius 1 is 0.840 bits per heavy atom. The average molecular weight is 387 g/mol. The van der Waals surface area contributed by atoms with E-state index in [1.807, 2.05) is 37.6 Å². The predicted octanol–water partition coefficient (Wildman–Crippen LogP) is 5.10. The van der Waals surface area contributed by atoms with Crippen LogP contribution in [-0.2, 0) is 4.08 Å². The summed E-state index contributed by atoms with van der Waals surface area (Å²) in [5, 5.41) is 1.25. The van der Waals surface area contributed by atoms with Gasteiger partial charge in [0.1, 0.15) is 9.07 Å². The Hall–Kier alpha value is -1.43. The number of rotatable bonds is 4. The second-order valence-corrected chi connectivity index (χ2v) is 9.35. The van der Waals surface area contributed by atoms with Gasteiger partial charge in [0.15, 0.2) is 0 Å². The third-order valence-corrected chi connectivity index (χ3v) is 8.35. The van der Waals surface area contributed by atoms with Crippen LogP contribution < -0.4 is 0 Å². The molecule has 1 heterocycles. The van der Waals surface area contributed by atoms with Crippen LogP contribution in [0, 0.1) is 0 Å². The average Bonchev–Trinajstić information content (AvgIpc) is 3.05. The molecule has 1 atom stereocenters. The molecule has 0 unspecified atom stereocenters. The fourth-order valence-corrected chi connectivity index (χ4v) is 6.53. The number of thioether (sulfide) groups is 2. The molecule has 0 aromatic heterocycles. The standard InChI is InChI=1S/C20H22N2S3/c1-21(2)18-17(15-11-7-5-8-12-15)24-20(25-18,19(23)22(3)4)16-13-9-6-10-14-16/h5-14H,1-4H3/t20-/m1/s1. The van der Waals surface area contributed by atoms with Crippen LogP contribution in [0.1, 0.15) is 11.1 Å². The van der Waals surface area contributed by atoms with E-state index in [2.05, 4.69) is 84.6 Å². The summed E-state index contributed by atoms with van der Waals surface area (Å²) in [6, 6.07) is 21.2. The smallest absolute Gasteiger partial charge is 0.147 e. The second kappa shape index (κ2) is 7.44. The van der Waals surface area contributed by atoms with E-state index in [9.17, 15) is 0 Å². The van der Waals surface area contributed by atoms with Crippen molar-refractivity contribution in [3.63, 3.8) is 0 Å². The molecule has 0 bridgehead atoms. The SMILES string of the molecule is CN(C)C(=S)[C@]1(c2ccccc2)SC(c2ccccc2)=C(N(C)C)S1. The van der Waals surface area contributed by atoms with E-state index in [1.54, 1.807) is 0 Å². The molecule has 1 aliphatic heterocycles. The first kappa shape index (κ1) is 18.4. The molecule has 0 saturated carbocycles. The number of thiocarbonyl (C=S) groups is 1. The van der Waals surface area contributed by atoms with Gasteiger partial charge in [0.2, 0.25) is 0 Å². The molecule has 0 spiro atoms. The Labute approximate surface area is 164 Å². The molecule has 5 heteroatoms. The number of nitrogens with zero attached hydrogens (tertiary/aromatic N) is 2. The maximum atomic E-state index is 5.91. The number of hydrogen-bond acceptors (Lipinski definition) is 4. The minimum Gasteiger partial charge on any atom is -0.372 e. The summed E-state index contributed by atoms with van der Waals surface area (Å²) in [4.78, 5) is 6.47. The van der Waals surface area contributed by atoms with Crippen LogP contribution in [0.15, 0.2) is 65.7 Å². The molecule has 25 heavy (non-hydrogen) atoms. The van der Waals surface area contributed by atoms with Crippen molar-refractivity contribution in [1.29, 1.82) is 0 Å². The van der Waals surface area contributed by atoms with E-state index >= 15 is 0 Å². The Kier molecular flexibility index (Phi) is 5.46. The molecular formula is C20H22N2S3. The molecule has 2 aromatic rings. The van der Waals surface area contributed by atoms with E-state index in [0.29, 0.717) is 0 Å². The number of likely N-dealkylation sites (N-methyl/N-ethyl adjacent to an activating group) is 1. The van der Waals surface area contributed by atoms with Gasteiger partial charge in [-0.15, -0.1) is 0 Å². The first-order chi connectivity index (χ1) is 12.0. The quantitative estimate of drug-likeness (QED) is 0.673. The van der Waals surface area contributed by atoms with Gasteiger partial charge in [-0.1, -0.05) is 96.4 Å². The van der Waals surface area contributed by atoms with Crippen molar-refractivity contribution in [3.8, 4) is 0 Å². The third kappa shape index (κ3) is 3.46. The van der Waals surface area contributed by atoms with Gasteiger partial charge >= 0.3 is 0 Å². The van der Waals surface area contributed by atoms with Crippen LogP contribution in [0.25, 0.3) is 4.91 Å². The Balaban J connectivity index is 2.13. The zero-order valence-electron chi connectivity index (χ0n) is 14.9. The highest BCUT2D eigenvalue weighted by Gasteiger charge is 2.47. The molecule has 2 aromatic carbocycles. The monoisotopic (exact) mass is 386 g/mol. The number of benzene rings is 2. The largest absolute Gasteiger partial charge is 0.372 e. The van der Waals surface area contributed by atoms with Gasteiger partial charge in [-0.25, -0.2) is 0 Å². The third-order valence-electron chi connectivity index (χ3n) is 3.96. The normalized spacial score (nSPS) is 19.8. The first-order valence-electron chi connectivity index (χ1n) is 8.08. The zero-order chi connectivity index (χ0) is 18.0. The van der Waals surface area contributed by atoms with Crippen LogP contribution in [0.3, 0.4) is 0 Å². The van der Waals surface area contributed by atoms with Crippen LogP contribution in [0.5, 0.6) is 0 Å². The second-order valence-electron chi connectivity index (χ2n) is 6.28. The van der Waals surface area contributed by atoms with Gasteiger partial charge < -0.3 is 9.80 Å². The maximum absolute atomic E-state index is 5.91. The molecule has 0 N–H and O–H groups in total. The fourth-order valence-electron chi connectivity index (χ4n) is 2.74.